The first-order valence-corrected chi connectivity index (χ1v) is 12.0. The summed E-state index contributed by atoms with van der Waals surface area (Å²) in [6.45, 7) is 4.01. The lowest BCUT2D eigenvalue weighted by atomic mass is 9.90. The van der Waals surface area contributed by atoms with Crippen molar-refractivity contribution < 1.29 is 4.79 Å². The zero-order valence-corrected chi connectivity index (χ0v) is 18.9. The molecule has 3 aliphatic rings. The third kappa shape index (κ3) is 4.18. The first-order valence-electron chi connectivity index (χ1n) is 12.0. The zero-order valence-electron chi connectivity index (χ0n) is 18.9. The van der Waals surface area contributed by atoms with E-state index >= 15 is 0 Å². The fourth-order valence-electron chi connectivity index (χ4n) is 5.75. The SMILES string of the molecule is CNC(=O)c1ccc(N2CCN([C@H]3CC[C@@H](c4cc5c(c(=O)[nH]4)CCCC5)C3)CC2)cn1. The van der Waals surface area contributed by atoms with Gasteiger partial charge in [-0.2, -0.15) is 0 Å². The molecular formula is C25H33N5O2. The molecule has 1 aliphatic heterocycles. The average molecular weight is 436 g/mol. The molecule has 3 heterocycles. The molecule has 0 unspecified atom stereocenters. The minimum Gasteiger partial charge on any atom is -0.368 e. The Morgan fingerprint density at radius 3 is 2.69 bits per heavy atom. The van der Waals surface area contributed by atoms with Crippen LogP contribution in [0.2, 0.25) is 0 Å². The molecule has 2 aliphatic carbocycles. The molecule has 7 heteroatoms. The molecule has 2 fully saturated rings. The van der Waals surface area contributed by atoms with Gasteiger partial charge < -0.3 is 15.2 Å². The molecule has 0 bridgehead atoms. The topological polar surface area (TPSA) is 81.3 Å². The number of aryl methyl sites for hydroxylation is 1. The van der Waals surface area contributed by atoms with E-state index in [-0.39, 0.29) is 11.5 Å². The van der Waals surface area contributed by atoms with Gasteiger partial charge in [0.05, 0.1) is 11.9 Å². The van der Waals surface area contributed by atoms with Gasteiger partial charge in [-0.3, -0.25) is 14.5 Å². The van der Waals surface area contributed by atoms with Crippen LogP contribution < -0.4 is 15.8 Å². The molecule has 32 heavy (non-hydrogen) atoms. The third-order valence-electron chi connectivity index (χ3n) is 7.62. The summed E-state index contributed by atoms with van der Waals surface area (Å²) in [6, 6.07) is 6.68. The summed E-state index contributed by atoms with van der Waals surface area (Å²) < 4.78 is 0. The number of amides is 1. The van der Waals surface area contributed by atoms with Gasteiger partial charge in [-0.1, -0.05) is 0 Å². The number of aromatic amines is 1. The van der Waals surface area contributed by atoms with Gasteiger partial charge in [0.25, 0.3) is 11.5 Å². The first kappa shape index (κ1) is 21.2. The Labute approximate surface area is 189 Å². The van der Waals surface area contributed by atoms with Gasteiger partial charge >= 0.3 is 0 Å². The summed E-state index contributed by atoms with van der Waals surface area (Å²) in [5.74, 6) is 0.317. The number of carbonyl (C=O) groups excluding carboxylic acids is 1. The average Bonchev–Trinajstić information content (AvgIpc) is 3.34. The van der Waals surface area contributed by atoms with Crippen LogP contribution in [0.4, 0.5) is 5.69 Å². The van der Waals surface area contributed by atoms with Crippen molar-refractivity contribution in [2.75, 3.05) is 38.1 Å². The fourth-order valence-corrected chi connectivity index (χ4v) is 5.75. The first-order chi connectivity index (χ1) is 15.6. The second-order valence-corrected chi connectivity index (χ2v) is 9.43. The summed E-state index contributed by atoms with van der Waals surface area (Å²) >= 11 is 0. The Morgan fingerprint density at radius 1 is 1.12 bits per heavy atom. The van der Waals surface area contributed by atoms with E-state index < -0.39 is 0 Å². The predicted octanol–water partition coefficient (Wildman–Crippen LogP) is 2.47. The predicted molar refractivity (Wildman–Crippen MR) is 125 cm³/mol. The fraction of sp³-hybridized carbons (Fsp3) is 0.560. The van der Waals surface area contributed by atoms with Crippen molar-refractivity contribution in [3.8, 4) is 0 Å². The number of pyridine rings is 2. The molecule has 2 aromatic heterocycles. The molecule has 1 saturated heterocycles. The second-order valence-electron chi connectivity index (χ2n) is 9.43. The highest BCUT2D eigenvalue weighted by Gasteiger charge is 2.33. The Hall–Kier alpha value is -2.67. The molecule has 2 aromatic rings. The second kappa shape index (κ2) is 9.06. The Morgan fingerprint density at radius 2 is 1.94 bits per heavy atom. The van der Waals surface area contributed by atoms with Crippen LogP contribution in [0.5, 0.6) is 0 Å². The normalized spacial score (nSPS) is 23.7. The molecule has 2 atom stereocenters. The van der Waals surface area contributed by atoms with Crippen molar-refractivity contribution in [3.63, 3.8) is 0 Å². The van der Waals surface area contributed by atoms with Crippen LogP contribution in [0.1, 0.15) is 65.3 Å². The molecule has 5 rings (SSSR count). The number of nitrogens with one attached hydrogen (secondary N) is 2. The molecule has 170 valence electrons. The molecule has 1 saturated carbocycles. The number of aromatic nitrogens is 2. The third-order valence-corrected chi connectivity index (χ3v) is 7.62. The highest BCUT2D eigenvalue weighted by molar-refractivity contribution is 5.92. The number of rotatable bonds is 4. The number of H-pyrrole nitrogens is 1. The number of carbonyl (C=O) groups is 1. The van der Waals surface area contributed by atoms with Gasteiger partial charge in [0, 0.05) is 56.4 Å². The molecule has 2 N–H and O–H groups in total. The van der Waals surface area contributed by atoms with Gasteiger partial charge in [0.1, 0.15) is 5.69 Å². The van der Waals surface area contributed by atoms with E-state index in [1.165, 1.54) is 24.1 Å². The summed E-state index contributed by atoms with van der Waals surface area (Å²) in [6.07, 6.45) is 9.64. The van der Waals surface area contributed by atoms with E-state index in [0.717, 1.165) is 69.5 Å². The van der Waals surface area contributed by atoms with Crippen LogP contribution in [0.3, 0.4) is 0 Å². The van der Waals surface area contributed by atoms with Crippen LogP contribution in [0, 0.1) is 0 Å². The van der Waals surface area contributed by atoms with Crippen LogP contribution >= 0.6 is 0 Å². The highest BCUT2D eigenvalue weighted by Crippen LogP contribution is 2.37. The maximum absolute atomic E-state index is 12.6. The lowest BCUT2D eigenvalue weighted by molar-refractivity contribution is 0.0958. The molecule has 7 nitrogen and oxygen atoms in total. The van der Waals surface area contributed by atoms with Crippen molar-refractivity contribution in [1.82, 2.24) is 20.2 Å². The highest BCUT2D eigenvalue weighted by atomic mass is 16.1. The smallest absolute Gasteiger partial charge is 0.269 e. The van der Waals surface area contributed by atoms with Crippen LogP contribution in [-0.2, 0) is 12.8 Å². The standard InChI is InChI=1S/C25H33N5O2/c1-26-25(32)22-9-8-20(16-27-22)30-12-10-29(11-13-30)19-7-6-18(14-19)23-15-17-4-2-3-5-21(17)24(31)28-23/h8-9,15-16,18-19H,2-7,10-14H2,1H3,(H,26,32)(H,28,31)/t18-,19+/m1/s1. The van der Waals surface area contributed by atoms with E-state index in [0.29, 0.717) is 17.7 Å². The monoisotopic (exact) mass is 435 g/mol. The molecule has 0 aromatic carbocycles. The zero-order chi connectivity index (χ0) is 22.1. The lowest BCUT2D eigenvalue weighted by Crippen LogP contribution is -2.49. The Balaban J connectivity index is 1.18. The summed E-state index contributed by atoms with van der Waals surface area (Å²) in [4.78, 5) is 36.8. The summed E-state index contributed by atoms with van der Waals surface area (Å²) in [7, 11) is 1.62. The maximum atomic E-state index is 12.6. The Bertz CT molecular complexity index is 1020. The number of hydrogen-bond acceptors (Lipinski definition) is 5. The van der Waals surface area contributed by atoms with E-state index in [9.17, 15) is 9.59 Å². The quantitative estimate of drug-likeness (QED) is 0.771. The Kier molecular flexibility index (Phi) is 6.00. The van der Waals surface area contributed by atoms with Crippen molar-refractivity contribution in [2.24, 2.45) is 0 Å². The van der Waals surface area contributed by atoms with Crippen molar-refractivity contribution in [3.05, 3.63) is 57.3 Å². The minimum absolute atomic E-state index is 0.155. The van der Waals surface area contributed by atoms with Gasteiger partial charge in [-0.05, 0) is 68.7 Å². The number of hydrogen-bond donors (Lipinski definition) is 2. The van der Waals surface area contributed by atoms with Crippen LogP contribution in [0.15, 0.2) is 29.2 Å². The molecule has 0 radical (unpaired) electrons. The van der Waals surface area contributed by atoms with Crippen molar-refractivity contribution in [1.29, 1.82) is 0 Å². The number of fused-ring (bicyclic) bond motifs is 1. The van der Waals surface area contributed by atoms with Gasteiger partial charge in [0.15, 0.2) is 0 Å². The number of anilines is 1. The molecular weight excluding hydrogens is 402 g/mol. The van der Waals surface area contributed by atoms with E-state index in [1.54, 1.807) is 19.3 Å². The van der Waals surface area contributed by atoms with Crippen LogP contribution in [-0.4, -0.2) is 60.0 Å². The van der Waals surface area contributed by atoms with E-state index in [1.807, 2.05) is 6.07 Å². The lowest BCUT2D eigenvalue weighted by Gasteiger charge is -2.39. The largest absolute Gasteiger partial charge is 0.368 e. The van der Waals surface area contributed by atoms with E-state index in [2.05, 4.69) is 31.2 Å². The number of piperazine rings is 1. The maximum Gasteiger partial charge on any atom is 0.269 e. The van der Waals surface area contributed by atoms with Gasteiger partial charge in [-0.15, -0.1) is 0 Å². The molecule has 1 amide bonds. The van der Waals surface area contributed by atoms with Crippen LogP contribution in [0.25, 0.3) is 0 Å². The summed E-state index contributed by atoms with van der Waals surface area (Å²) in [5, 5.41) is 2.61. The van der Waals surface area contributed by atoms with E-state index in [4.69, 9.17) is 0 Å². The van der Waals surface area contributed by atoms with Gasteiger partial charge in [-0.25, -0.2) is 4.98 Å². The molecule has 0 spiro atoms. The number of nitrogens with zero attached hydrogens (tertiary/aromatic N) is 3. The minimum atomic E-state index is -0.155. The van der Waals surface area contributed by atoms with Gasteiger partial charge in [0.2, 0.25) is 0 Å². The van der Waals surface area contributed by atoms with Crippen molar-refractivity contribution in [2.45, 2.75) is 56.9 Å². The summed E-state index contributed by atoms with van der Waals surface area (Å²) in [5.41, 5.74) is 5.18. The van der Waals surface area contributed by atoms with Crippen molar-refractivity contribution >= 4 is 11.6 Å².